The Bertz CT molecular complexity index is 1450. The number of methoxy groups -OCH3 is 1. The second-order valence-corrected chi connectivity index (χ2v) is 7.50. The number of ether oxygens (including phenoxy) is 1. The van der Waals surface area contributed by atoms with Gasteiger partial charge in [-0.2, -0.15) is 18.3 Å². The van der Waals surface area contributed by atoms with Crippen LogP contribution in [-0.2, 0) is 6.18 Å². The number of alkyl halides is 3. The van der Waals surface area contributed by atoms with E-state index in [-0.39, 0.29) is 0 Å². The van der Waals surface area contributed by atoms with Crippen LogP contribution in [0.3, 0.4) is 0 Å². The second kappa shape index (κ2) is 8.51. The van der Waals surface area contributed by atoms with Crippen molar-refractivity contribution in [1.82, 2.24) is 20.2 Å². The highest BCUT2D eigenvalue weighted by Crippen LogP contribution is 2.37. The fraction of sp³-hybridized carbons (Fsp3) is 0.0800. The van der Waals surface area contributed by atoms with E-state index in [9.17, 15) is 13.2 Å². The zero-order chi connectivity index (χ0) is 23.7. The Kier molecular flexibility index (Phi) is 5.37. The number of anilines is 2. The van der Waals surface area contributed by atoms with Gasteiger partial charge in [-0.05, 0) is 35.4 Å². The number of hydrogen-bond acceptors (Lipinski definition) is 5. The number of rotatable bonds is 5. The molecule has 0 aliphatic rings. The topological polar surface area (TPSA) is 75.7 Å². The Morgan fingerprint density at radius 3 is 2.29 bits per heavy atom. The van der Waals surface area contributed by atoms with E-state index in [1.54, 1.807) is 7.11 Å². The van der Waals surface area contributed by atoms with Crippen molar-refractivity contribution in [3.8, 4) is 28.1 Å². The minimum Gasteiger partial charge on any atom is -0.495 e. The van der Waals surface area contributed by atoms with Crippen LogP contribution in [0.4, 0.5) is 24.7 Å². The maximum atomic E-state index is 13.0. The van der Waals surface area contributed by atoms with Crippen LogP contribution in [-0.4, -0.2) is 27.3 Å². The van der Waals surface area contributed by atoms with Gasteiger partial charge in [0.05, 0.1) is 29.4 Å². The molecule has 2 N–H and O–H groups in total. The van der Waals surface area contributed by atoms with Gasteiger partial charge in [0.1, 0.15) is 17.9 Å². The molecule has 0 aliphatic carbocycles. The standard InChI is InChI=1S/C25H18F3N5O/c1-34-20-12-9-17(15-5-3-2-4-6-15)13-19(20)31-23-21-22(32-33-24(21)30-14-29-23)16-7-10-18(11-8-16)25(26,27)28/h2-14H,1H3,(H2,29,30,31,32,33). The molecule has 0 spiro atoms. The van der Waals surface area contributed by atoms with Gasteiger partial charge in [-0.1, -0.05) is 48.5 Å². The smallest absolute Gasteiger partial charge is 0.416 e. The summed E-state index contributed by atoms with van der Waals surface area (Å²) in [5.41, 5.74) is 3.37. The molecule has 6 nitrogen and oxygen atoms in total. The molecule has 0 bridgehead atoms. The van der Waals surface area contributed by atoms with Crippen LogP contribution in [0.2, 0.25) is 0 Å². The first kappa shape index (κ1) is 21.4. The van der Waals surface area contributed by atoms with Crippen LogP contribution < -0.4 is 10.1 Å². The first-order valence-electron chi connectivity index (χ1n) is 10.3. The van der Waals surface area contributed by atoms with E-state index in [4.69, 9.17) is 4.74 Å². The molecule has 9 heteroatoms. The predicted octanol–water partition coefficient (Wildman–Crippen LogP) is 6.46. The molecule has 0 unspecified atom stereocenters. The first-order valence-corrected chi connectivity index (χ1v) is 10.3. The van der Waals surface area contributed by atoms with Gasteiger partial charge in [-0.25, -0.2) is 9.97 Å². The molecule has 0 atom stereocenters. The number of fused-ring (bicyclic) bond motifs is 1. The SMILES string of the molecule is COc1ccc(-c2ccccc2)cc1Nc1ncnc2n[nH]c(-c3ccc(C(F)(F)F)cc3)c12. The van der Waals surface area contributed by atoms with Gasteiger partial charge in [0.15, 0.2) is 5.65 Å². The third-order valence-corrected chi connectivity index (χ3v) is 5.41. The summed E-state index contributed by atoms with van der Waals surface area (Å²) in [4.78, 5) is 8.57. The molecule has 34 heavy (non-hydrogen) atoms. The van der Waals surface area contributed by atoms with Crippen molar-refractivity contribution in [2.75, 3.05) is 12.4 Å². The van der Waals surface area contributed by atoms with Gasteiger partial charge in [0, 0.05) is 5.56 Å². The summed E-state index contributed by atoms with van der Waals surface area (Å²) in [5, 5.41) is 10.9. The second-order valence-electron chi connectivity index (χ2n) is 7.50. The van der Waals surface area contributed by atoms with Gasteiger partial charge < -0.3 is 10.1 Å². The van der Waals surface area contributed by atoms with Crippen molar-refractivity contribution in [1.29, 1.82) is 0 Å². The van der Waals surface area contributed by atoms with E-state index in [2.05, 4.69) is 25.5 Å². The number of nitrogens with one attached hydrogen (secondary N) is 2. The molecule has 2 aromatic heterocycles. The van der Waals surface area contributed by atoms with Crippen LogP contribution >= 0.6 is 0 Å². The summed E-state index contributed by atoms with van der Waals surface area (Å²) in [6.45, 7) is 0. The molecule has 0 amide bonds. The van der Waals surface area contributed by atoms with Crippen LogP contribution in [0.25, 0.3) is 33.4 Å². The summed E-state index contributed by atoms with van der Waals surface area (Å²) < 4.78 is 44.5. The van der Waals surface area contributed by atoms with E-state index in [1.165, 1.54) is 18.5 Å². The lowest BCUT2D eigenvalue weighted by Crippen LogP contribution is -2.04. The van der Waals surface area contributed by atoms with Crippen LogP contribution in [0.5, 0.6) is 5.75 Å². The highest BCUT2D eigenvalue weighted by Gasteiger charge is 2.30. The number of aromatic amines is 1. The van der Waals surface area contributed by atoms with E-state index in [0.717, 1.165) is 23.3 Å². The predicted molar refractivity (Wildman–Crippen MR) is 124 cm³/mol. The third kappa shape index (κ3) is 4.03. The molecule has 0 saturated carbocycles. The fourth-order valence-electron chi connectivity index (χ4n) is 3.73. The zero-order valence-electron chi connectivity index (χ0n) is 17.9. The van der Waals surface area contributed by atoms with Crippen molar-refractivity contribution in [2.45, 2.75) is 6.18 Å². The number of halogens is 3. The van der Waals surface area contributed by atoms with Gasteiger partial charge in [0.25, 0.3) is 0 Å². The molecule has 0 saturated heterocycles. The normalized spacial score (nSPS) is 11.5. The van der Waals surface area contributed by atoms with Gasteiger partial charge in [-0.3, -0.25) is 5.10 Å². The number of benzene rings is 3. The Morgan fingerprint density at radius 1 is 0.853 bits per heavy atom. The number of nitrogens with zero attached hydrogens (tertiary/aromatic N) is 3. The molecule has 2 heterocycles. The molecule has 5 aromatic rings. The van der Waals surface area contributed by atoms with Gasteiger partial charge in [-0.15, -0.1) is 0 Å². The van der Waals surface area contributed by atoms with Crippen molar-refractivity contribution in [3.63, 3.8) is 0 Å². The molecular formula is C25H18F3N5O. The average Bonchev–Trinajstić information content (AvgIpc) is 3.29. The Morgan fingerprint density at radius 2 is 1.59 bits per heavy atom. The van der Waals surface area contributed by atoms with Crippen LogP contribution in [0.1, 0.15) is 5.56 Å². The lowest BCUT2D eigenvalue weighted by molar-refractivity contribution is -0.137. The van der Waals surface area contributed by atoms with Crippen molar-refractivity contribution in [2.24, 2.45) is 0 Å². The number of hydrogen-bond donors (Lipinski definition) is 2. The lowest BCUT2D eigenvalue weighted by atomic mass is 10.0. The molecule has 5 rings (SSSR count). The van der Waals surface area contributed by atoms with E-state index >= 15 is 0 Å². The van der Waals surface area contributed by atoms with Gasteiger partial charge in [0.2, 0.25) is 0 Å². The minimum atomic E-state index is -4.41. The summed E-state index contributed by atoms with van der Waals surface area (Å²) in [5.74, 6) is 1.04. The summed E-state index contributed by atoms with van der Waals surface area (Å²) in [7, 11) is 1.57. The molecular weight excluding hydrogens is 443 g/mol. The molecule has 170 valence electrons. The van der Waals surface area contributed by atoms with E-state index in [0.29, 0.717) is 39.5 Å². The lowest BCUT2D eigenvalue weighted by Gasteiger charge is -2.14. The summed E-state index contributed by atoms with van der Waals surface area (Å²) >= 11 is 0. The molecule has 0 aliphatic heterocycles. The van der Waals surface area contributed by atoms with Gasteiger partial charge >= 0.3 is 6.18 Å². The minimum absolute atomic E-state index is 0.380. The monoisotopic (exact) mass is 461 g/mol. The van der Waals surface area contributed by atoms with Crippen molar-refractivity contribution >= 4 is 22.5 Å². The Labute approximate surface area is 192 Å². The highest BCUT2D eigenvalue weighted by atomic mass is 19.4. The molecule has 0 fully saturated rings. The largest absolute Gasteiger partial charge is 0.495 e. The quantitative estimate of drug-likeness (QED) is 0.314. The van der Waals surface area contributed by atoms with E-state index in [1.807, 2.05) is 48.5 Å². The zero-order valence-corrected chi connectivity index (χ0v) is 17.9. The van der Waals surface area contributed by atoms with Crippen molar-refractivity contribution in [3.05, 3.63) is 84.7 Å². The summed E-state index contributed by atoms with van der Waals surface area (Å²) in [6.07, 6.45) is -3.04. The molecule has 0 radical (unpaired) electrons. The van der Waals surface area contributed by atoms with Crippen molar-refractivity contribution < 1.29 is 17.9 Å². The van der Waals surface area contributed by atoms with Crippen LogP contribution in [0.15, 0.2) is 79.1 Å². The third-order valence-electron chi connectivity index (χ3n) is 5.41. The van der Waals surface area contributed by atoms with Crippen LogP contribution in [0, 0.1) is 0 Å². The Hall–Kier alpha value is -4.40. The van der Waals surface area contributed by atoms with E-state index < -0.39 is 11.7 Å². The highest BCUT2D eigenvalue weighted by molar-refractivity contribution is 6.00. The number of H-pyrrole nitrogens is 1. The fourth-order valence-corrected chi connectivity index (χ4v) is 3.73. The molecule has 3 aromatic carbocycles. The maximum Gasteiger partial charge on any atom is 0.416 e. The Balaban J connectivity index is 1.58. The summed E-state index contributed by atoms with van der Waals surface area (Å²) in [6, 6.07) is 20.5. The number of aromatic nitrogens is 4. The average molecular weight is 461 g/mol. The maximum absolute atomic E-state index is 13.0. The first-order chi connectivity index (χ1) is 16.4.